The number of aliphatic hydroxyl groups excluding tert-OH is 1. The lowest BCUT2D eigenvalue weighted by Crippen LogP contribution is -2.45. The molecule has 1 heterocycles. The van der Waals surface area contributed by atoms with Crippen molar-refractivity contribution in [1.82, 2.24) is 15.0 Å². The second-order valence-corrected chi connectivity index (χ2v) is 15.6. The van der Waals surface area contributed by atoms with Crippen molar-refractivity contribution in [2.75, 3.05) is 19.8 Å². The minimum Gasteiger partial charge on any atom is -0.414 e. The fraction of sp³-hybridized carbons (Fsp3) is 0.423. The molecule has 1 atom stereocenters. The molecule has 0 spiro atoms. The van der Waals surface area contributed by atoms with E-state index in [4.69, 9.17) is 20.6 Å². The van der Waals surface area contributed by atoms with Gasteiger partial charge in [-0.1, -0.05) is 37.5 Å². The number of carbonyl (C=O) groups excluding carboxylic acids is 1. The molecule has 1 unspecified atom stereocenters. The summed E-state index contributed by atoms with van der Waals surface area (Å²) in [4.78, 5) is 19.4. The van der Waals surface area contributed by atoms with Crippen molar-refractivity contribution in [2.45, 2.75) is 51.3 Å². The number of alkyl halides is 3. The van der Waals surface area contributed by atoms with Crippen molar-refractivity contribution in [1.29, 1.82) is 0 Å². The molecule has 13 heteroatoms. The number of aliphatic hydroxyl groups is 1. The molecule has 0 fully saturated rings. The normalized spacial score (nSPS) is 13.3. The van der Waals surface area contributed by atoms with Crippen LogP contribution in [0.25, 0.3) is 11.4 Å². The molecule has 0 bridgehead atoms. The first-order valence-electron chi connectivity index (χ1n) is 12.1. The van der Waals surface area contributed by atoms with E-state index < -0.39 is 32.4 Å². The lowest BCUT2D eigenvalue weighted by atomic mass is 10.1. The van der Waals surface area contributed by atoms with Crippen molar-refractivity contribution in [2.24, 2.45) is 0 Å². The molecule has 0 saturated heterocycles. The standard InChI is InChI=1S/C26H31ClF3N3O5Si/c1-25(2,3)39(4,5)36-16-21(33(14-15-34)24(35)18-6-10-19(27)11-7-18)23-31-22(32-38-23)17-8-12-20(13-9-17)37-26(28,29)30/h6-13,21,34H,14-16H2,1-5H3. The number of ether oxygens (including phenoxy) is 1. The predicted octanol–water partition coefficient (Wildman–Crippen LogP) is 6.49. The van der Waals surface area contributed by atoms with Crippen LogP contribution in [0, 0.1) is 0 Å². The highest BCUT2D eigenvalue weighted by Crippen LogP contribution is 2.38. The topological polar surface area (TPSA) is 97.9 Å². The van der Waals surface area contributed by atoms with Crippen LogP contribution in [-0.4, -0.2) is 60.5 Å². The molecule has 39 heavy (non-hydrogen) atoms. The summed E-state index contributed by atoms with van der Waals surface area (Å²) in [7, 11) is -2.29. The molecule has 0 aliphatic carbocycles. The number of hydrogen-bond donors (Lipinski definition) is 1. The second kappa shape index (κ2) is 12.1. The van der Waals surface area contributed by atoms with Gasteiger partial charge in [-0.15, -0.1) is 13.2 Å². The number of nitrogens with zero attached hydrogens (tertiary/aromatic N) is 3. The molecule has 3 rings (SSSR count). The van der Waals surface area contributed by atoms with E-state index >= 15 is 0 Å². The highest BCUT2D eigenvalue weighted by molar-refractivity contribution is 6.74. The van der Waals surface area contributed by atoms with Crippen molar-refractivity contribution in [3.63, 3.8) is 0 Å². The first-order valence-corrected chi connectivity index (χ1v) is 15.4. The summed E-state index contributed by atoms with van der Waals surface area (Å²) in [5.74, 6) is -0.643. The third-order valence-corrected chi connectivity index (χ3v) is 11.3. The molecule has 1 amide bonds. The van der Waals surface area contributed by atoms with Gasteiger partial charge < -0.3 is 23.7 Å². The summed E-state index contributed by atoms with van der Waals surface area (Å²) in [6.07, 6.45) is -4.81. The SMILES string of the molecule is CC(C)(C)[Si](C)(C)OCC(c1nc(-c2ccc(OC(F)(F)F)cc2)no1)N(CCO)C(=O)c1ccc(Cl)cc1. The van der Waals surface area contributed by atoms with Crippen LogP contribution >= 0.6 is 11.6 Å². The van der Waals surface area contributed by atoms with Crippen LogP contribution in [0.5, 0.6) is 5.75 Å². The Morgan fingerprint density at radius 1 is 1.10 bits per heavy atom. The Hall–Kier alpha value is -2.93. The molecular formula is C26H31ClF3N3O5Si. The Balaban J connectivity index is 1.97. The van der Waals surface area contributed by atoms with Gasteiger partial charge >= 0.3 is 6.36 Å². The predicted molar refractivity (Wildman–Crippen MR) is 142 cm³/mol. The van der Waals surface area contributed by atoms with Gasteiger partial charge in [-0.3, -0.25) is 4.79 Å². The summed E-state index contributed by atoms with van der Waals surface area (Å²) in [6, 6.07) is 10.5. The third-order valence-electron chi connectivity index (χ3n) is 6.55. The summed E-state index contributed by atoms with van der Waals surface area (Å²) < 4.78 is 53.4. The maximum Gasteiger partial charge on any atom is 0.573 e. The minimum absolute atomic E-state index is 0.0236. The Morgan fingerprint density at radius 3 is 2.26 bits per heavy atom. The highest BCUT2D eigenvalue weighted by atomic mass is 35.5. The molecule has 3 aromatic rings. The molecule has 1 aromatic heterocycles. The lowest BCUT2D eigenvalue weighted by Gasteiger charge is -2.38. The average Bonchev–Trinajstić information content (AvgIpc) is 3.32. The van der Waals surface area contributed by atoms with Crippen LogP contribution in [-0.2, 0) is 4.43 Å². The van der Waals surface area contributed by atoms with Gasteiger partial charge in [0.15, 0.2) is 8.32 Å². The third kappa shape index (κ3) is 8.04. The van der Waals surface area contributed by atoms with Gasteiger partial charge in [-0.2, -0.15) is 4.98 Å². The number of halogens is 4. The van der Waals surface area contributed by atoms with Gasteiger partial charge in [0, 0.05) is 22.7 Å². The van der Waals surface area contributed by atoms with Crippen molar-refractivity contribution >= 4 is 25.8 Å². The first kappa shape index (κ1) is 30.6. The molecule has 0 aliphatic heterocycles. The van der Waals surface area contributed by atoms with E-state index in [2.05, 4.69) is 48.7 Å². The molecule has 8 nitrogen and oxygen atoms in total. The zero-order chi connectivity index (χ0) is 29.0. The van der Waals surface area contributed by atoms with E-state index in [1.54, 1.807) is 24.3 Å². The highest BCUT2D eigenvalue weighted by Gasteiger charge is 2.40. The Morgan fingerprint density at radius 2 is 1.72 bits per heavy atom. The minimum atomic E-state index is -4.81. The number of benzene rings is 2. The number of aromatic nitrogens is 2. The smallest absolute Gasteiger partial charge is 0.414 e. The zero-order valence-corrected chi connectivity index (χ0v) is 24.0. The Kier molecular flexibility index (Phi) is 9.47. The maximum atomic E-state index is 13.5. The van der Waals surface area contributed by atoms with Gasteiger partial charge in [0.25, 0.3) is 11.8 Å². The van der Waals surface area contributed by atoms with Crippen molar-refractivity contribution < 1.29 is 36.8 Å². The summed E-state index contributed by atoms with van der Waals surface area (Å²) in [5.41, 5.74) is 0.714. The van der Waals surface area contributed by atoms with Gasteiger partial charge in [-0.05, 0) is 66.7 Å². The number of rotatable bonds is 10. The maximum absolute atomic E-state index is 13.5. The van der Waals surface area contributed by atoms with Crippen molar-refractivity contribution in [3.05, 3.63) is 65.0 Å². The monoisotopic (exact) mass is 585 g/mol. The molecule has 1 N–H and O–H groups in total. The van der Waals surface area contributed by atoms with Crippen LogP contribution in [0.2, 0.25) is 23.2 Å². The molecule has 0 radical (unpaired) electrons. The largest absolute Gasteiger partial charge is 0.573 e. The molecule has 2 aromatic carbocycles. The van der Waals surface area contributed by atoms with E-state index in [1.165, 1.54) is 17.0 Å². The van der Waals surface area contributed by atoms with E-state index in [1.807, 2.05) is 0 Å². The fourth-order valence-corrected chi connectivity index (χ4v) is 4.49. The lowest BCUT2D eigenvalue weighted by molar-refractivity contribution is -0.274. The van der Waals surface area contributed by atoms with Crippen LogP contribution in [0.1, 0.15) is 43.1 Å². The van der Waals surface area contributed by atoms with E-state index in [0.29, 0.717) is 16.1 Å². The molecule has 0 saturated carbocycles. The Labute approximate surface area is 230 Å². The van der Waals surface area contributed by atoms with Gasteiger partial charge in [-0.25, -0.2) is 0 Å². The molecular weight excluding hydrogens is 555 g/mol. The zero-order valence-electron chi connectivity index (χ0n) is 22.3. The average molecular weight is 586 g/mol. The van der Waals surface area contributed by atoms with Crippen LogP contribution in [0.3, 0.4) is 0 Å². The van der Waals surface area contributed by atoms with Gasteiger partial charge in [0.2, 0.25) is 5.82 Å². The fourth-order valence-electron chi connectivity index (χ4n) is 3.36. The number of hydrogen-bond acceptors (Lipinski definition) is 7. The van der Waals surface area contributed by atoms with Gasteiger partial charge in [0.1, 0.15) is 11.8 Å². The van der Waals surface area contributed by atoms with E-state index in [0.717, 1.165) is 12.1 Å². The Bertz CT molecular complexity index is 1250. The number of amides is 1. The van der Waals surface area contributed by atoms with E-state index in [-0.39, 0.29) is 36.5 Å². The van der Waals surface area contributed by atoms with Crippen LogP contribution in [0.15, 0.2) is 53.1 Å². The van der Waals surface area contributed by atoms with E-state index in [9.17, 15) is 23.1 Å². The first-order chi connectivity index (χ1) is 18.1. The summed E-state index contributed by atoms with van der Waals surface area (Å²) in [5, 5.41) is 14.1. The van der Waals surface area contributed by atoms with Gasteiger partial charge in [0.05, 0.1) is 13.2 Å². The summed E-state index contributed by atoms with van der Waals surface area (Å²) >= 11 is 5.98. The molecule has 0 aliphatic rings. The second-order valence-electron chi connectivity index (χ2n) is 10.3. The van der Waals surface area contributed by atoms with Crippen LogP contribution in [0.4, 0.5) is 13.2 Å². The van der Waals surface area contributed by atoms with Crippen molar-refractivity contribution in [3.8, 4) is 17.1 Å². The quantitative estimate of drug-likeness (QED) is 0.272. The molecule has 212 valence electrons. The number of carbonyl (C=O) groups is 1. The van der Waals surface area contributed by atoms with Crippen LogP contribution < -0.4 is 4.74 Å². The summed E-state index contributed by atoms with van der Waals surface area (Å²) in [6.45, 7) is 10.00.